The zero-order chi connectivity index (χ0) is 12.5. The van der Waals surface area contributed by atoms with Gasteiger partial charge in [0, 0.05) is 6.07 Å². The summed E-state index contributed by atoms with van der Waals surface area (Å²) in [5.74, 6) is -0.873. The van der Waals surface area contributed by atoms with Crippen LogP contribution in [0.4, 0.5) is 14.6 Å². The third-order valence-electron chi connectivity index (χ3n) is 1.57. The predicted octanol–water partition coefficient (Wildman–Crippen LogP) is 3.07. The number of nitro groups is 1. The van der Waals surface area contributed by atoms with E-state index in [9.17, 15) is 23.7 Å². The minimum absolute atomic E-state index is 0.318. The van der Waals surface area contributed by atoms with Gasteiger partial charge in [-0.2, -0.15) is 0 Å². The lowest BCUT2D eigenvalue weighted by Gasteiger charge is -2.02. The van der Waals surface area contributed by atoms with Crippen LogP contribution in [0.1, 0.15) is 22.5 Å². The summed E-state index contributed by atoms with van der Waals surface area (Å²) in [6.07, 6.45) is -3.03. The lowest BCUT2D eigenvalue weighted by Crippen LogP contribution is -2.03. The molecule has 0 saturated carbocycles. The molecule has 0 unspecified atom stereocenters. The monoisotopic (exact) mass is 314 g/mol. The Labute approximate surface area is 101 Å². The smallest absolute Gasteiger partial charge is 0.358 e. The van der Waals surface area contributed by atoms with E-state index in [2.05, 4.69) is 20.9 Å². The van der Waals surface area contributed by atoms with Gasteiger partial charge in [0.1, 0.15) is 4.47 Å². The molecular weight excluding hydrogens is 313 g/mol. The minimum Gasteiger partial charge on any atom is -0.358 e. The number of aromatic nitrogens is 1. The van der Waals surface area contributed by atoms with Gasteiger partial charge >= 0.3 is 12.2 Å². The Hall–Kier alpha value is -1.15. The van der Waals surface area contributed by atoms with E-state index in [1.54, 1.807) is 0 Å². The third kappa shape index (κ3) is 2.50. The number of carbonyl (C=O) groups excluding carboxylic acids is 1. The van der Waals surface area contributed by atoms with Crippen molar-refractivity contribution in [3.05, 3.63) is 31.9 Å². The fourth-order valence-corrected chi connectivity index (χ4v) is 1.70. The summed E-state index contributed by atoms with van der Waals surface area (Å²) in [5.41, 5.74) is -1.29. The molecule has 0 N–H and O–H groups in total. The van der Waals surface area contributed by atoms with E-state index in [-0.39, 0.29) is 4.47 Å². The van der Waals surface area contributed by atoms with E-state index >= 15 is 0 Å². The first-order valence-corrected chi connectivity index (χ1v) is 4.84. The van der Waals surface area contributed by atoms with Crippen LogP contribution >= 0.6 is 27.5 Å². The molecule has 0 bridgehead atoms. The Bertz CT molecular complexity index is 434. The molecule has 1 aromatic rings. The molecule has 86 valence electrons. The second-order valence-electron chi connectivity index (χ2n) is 2.56. The molecule has 1 rings (SSSR count). The van der Waals surface area contributed by atoms with Crippen LogP contribution in [0, 0.1) is 10.1 Å². The van der Waals surface area contributed by atoms with Gasteiger partial charge in [0.2, 0.25) is 5.69 Å². The Kier molecular flexibility index (Phi) is 3.87. The van der Waals surface area contributed by atoms with Gasteiger partial charge in [-0.15, -0.1) is 0 Å². The third-order valence-corrected chi connectivity index (χ3v) is 2.55. The molecule has 0 aromatic carbocycles. The molecule has 0 aliphatic heterocycles. The van der Waals surface area contributed by atoms with Crippen molar-refractivity contribution in [2.24, 2.45) is 0 Å². The van der Waals surface area contributed by atoms with E-state index in [1.165, 1.54) is 0 Å². The van der Waals surface area contributed by atoms with Crippen LogP contribution in [0.25, 0.3) is 0 Å². The van der Waals surface area contributed by atoms with Crippen molar-refractivity contribution in [3.63, 3.8) is 0 Å². The van der Waals surface area contributed by atoms with Crippen LogP contribution in [0.3, 0.4) is 0 Å². The summed E-state index contributed by atoms with van der Waals surface area (Å²) < 4.78 is 24.3. The molecule has 0 aliphatic rings. The number of halogens is 4. The van der Waals surface area contributed by atoms with Crippen LogP contribution in [0.2, 0.25) is 0 Å². The molecular formula is C7H2BrClF2N2O3. The number of alkyl halides is 2. The quantitative estimate of drug-likeness (QED) is 0.488. The van der Waals surface area contributed by atoms with Crippen molar-refractivity contribution in [2.75, 3.05) is 0 Å². The average molecular weight is 315 g/mol. The molecule has 1 heterocycles. The van der Waals surface area contributed by atoms with Gasteiger partial charge in [-0.3, -0.25) is 4.79 Å². The lowest BCUT2D eigenvalue weighted by atomic mass is 10.2. The Morgan fingerprint density at radius 1 is 1.62 bits per heavy atom. The number of hydrogen-bond donors (Lipinski definition) is 0. The summed E-state index contributed by atoms with van der Waals surface area (Å²) >= 11 is 7.81. The van der Waals surface area contributed by atoms with Gasteiger partial charge in [-0.25, -0.2) is 8.78 Å². The van der Waals surface area contributed by atoms with Crippen LogP contribution < -0.4 is 0 Å². The van der Waals surface area contributed by atoms with Crippen molar-refractivity contribution in [1.29, 1.82) is 0 Å². The predicted molar refractivity (Wildman–Crippen MR) is 53.7 cm³/mol. The van der Waals surface area contributed by atoms with E-state index in [4.69, 9.17) is 11.6 Å². The van der Waals surface area contributed by atoms with Gasteiger partial charge < -0.3 is 10.1 Å². The Balaban J connectivity index is 3.51. The van der Waals surface area contributed by atoms with Crippen LogP contribution in [0.15, 0.2) is 10.5 Å². The molecule has 0 fully saturated rings. The largest absolute Gasteiger partial charge is 0.379 e. The maximum Gasteiger partial charge on any atom is 0.379 e. The zero-order valence-electron chi connectivity index (χ0n) is 7.29. The van der Waals surface area contributed by atoms with Crippen molar-refractivity contribution in [1.82, 2.24) is 4.98 Å². The standard InChI is InChI=1S/C7H2BrClF2N2O3/c8-4-2(5(9)14)1-3(6(10)11)12-7(4)13(15)16/h1,6H. The summed E-state index contributed by atoms with van der Waals surface area (Å²) in [6, 6.07) is 0.705. The van der Waals surface area contributed by atoms with Crippen molar-refractivity contribution >= 4 is 38.6 Å². The van der Waals surface area contributed by atoms with Gasteiger partial charge in [-0.05, 0) is 37.4 Å². The molecule has 0 saturated heterocycles. The minimum atomic E-state index is -3.03. The highest BCUT2D eigenvalue weighted by molar-refractivity contribution is 9.10. The zero-order valence-corrected chi connectivity index (χ0v) is 9.63. The Morgan fingerprint density at radius 2 is 2.19 bits per heavy atom. The summed E-state index contributed by atoms with van der Waals surface area (Å²) in [7, 11) is 0. The number of carbonyl (C=O) groups is 1. The SMILES string of the molecule is O=C(Cl)c1cc(C(F)F)nc([N+](=O)[O-])c1Br. The van der Waals surface area contributed by atoms with Gasteiger partial charge in [0.25, 0.3) is 5.24 Å². The number of hydrogen-bond acceptors (Lipinski definition) is 4. The molecule has 5 nitrogen and oxygen atoms in total. The maximum absolute atomic E-state index is 12.3. The highest BCUT2D eigenvalue weighted by atomic mass is 79.9. The summed E-state index contributed by atoms with van der Waals surface area (Å²) in [6.45, 7) is 0. The molecule has 1 aromatic heterocycles. The summed E-state index contributed by atoms with van der Waals surface area (Å²) in [5, 5.41) is 9.40. The van der Waals surface area contributed by atoms with E-state index in [0.29, 0.717) is 6.07 Å². The first-order valence-electron chi connectivity index (χ1n) is 3.67. The first-order chi connectivity index (χ1) is 7.34. The van der Waals surface area contributed by atoms with Gasteiger partial charge in [0.05, 0.1) is 5.56 Å². The normalized spacial score (nSPS) is 10.6. The van der Waals surface area contributed by atoms with Gasteiger partial charge in [-0.1, -0.05) is 0 Å². The molecule has 0 atom stereocenters. The summed E-state index contributed by atoms with van der Waals surface area (Å²) in [4.78, 5) is 23.5. The van der Waals surface area contributed by atoms with E-state index < -0.39 is 33.7 Å². The number of pyridine rings is 1. The number of rotatable bonds is 3. The molecule has 0 radical (unpaired) electrons. The van der Waals surface area contributed by atoms with E-state index in [1.807, 2.05) is 0 Å². The van der Waals surface area contributed by atoms with Crippen LogP contribution in [-0.4, -0.2) is 15.1 Å². The fourth-order valence-electron chi connectivity index (χ4n) is 0.911. The van der Waals surface area contributed by atoms with Crippen molar-refractivity contribution < 1.29 is 18.5 Å². The topological polar surface area (TPSA) is 73.1 Å². The second kappa shape index (κ2) is 4.79. The average Bonchev–Trinajstić information content (AvgIpc) is 2.16. The first kappa shape index (κ1) is 12.9. The molecule has 0 amide bonds. The highest BCUT2D eigenvalue weighted by Crippen LogP contribution is 2.31. The van der Waals surface area contributed by atoms with Crippen molar-refractivity contribution in [2.45, 2.75) is 6.43 Å². The molecule has 9 heteroatoms. The van der Waals surface area contributed by atoms with Gasteiger partial charge in [0.15, 0.2) is 0 Å². The maximum atomic E-state index is 12.3. The van der Waals surface area contributed by atoms with Crippen LogP contribution in [0.5, 0.6) is 0 Å². The van der Waals surface area contributed by atoms with E-state index in [0.717, 1.165) is 0 Å². The molecule has 0 aliphatic carbocycles. The highest BCUT2D eigenvalue weighted by Gasteiger charge is 2.27. The molecule has 16 heavy (non-hydrogen) atoms. The lowest BCUT2D eigenvalue weighted by molar-refractivity contribution is -0.390. The second-order valence-corrected chi connectivity index (χ2v) is 3.70. The number of nitrogens with zero attached hydrogens (tertiary/aromatic N) is 2. The van der Waals surface area contributed by atoms with Crippen LogP contribution in [-0.2, 0) is 0 Å². The Morgan fingerprint density at radius 3 is 2.56 bits per heavy atom. The fraction of sp³-hybridized carbons (Fsp3) is 0.143. The molecule has 0 spiro atoms. The van der Waals surface area contributed by atoms with Crippen molar-refractivity contribution in [3.8, 4) is 0 Å².